The van der Waals surface area contributed by atoms with Crippen molar-refractivity contribution in [2.24, 2.45) is 7.05 Å². The zero-order chi connectivity index (χ0) is 9.19. The second-order valence-electron chi connectivity index (χ2n) is 3.09. The maximum atomic E-state index is 9.26. The minimum absolute atomic E-state index is 0.569. The second kappa shape index (κ2) is 2.95. The Morgan fingerprint density at radius 3 is 2.67 bits per heavy atom. The minimum atomic E-state index is -0.975. The van der Waals surface area contributed by atoms with Gasteiger partial charge in [0.15, 0.2) is 5.69 Å². The Morgan fingerprint density at radius 1 is 1.58 bits per heavy atom. The van der Waals surface area contributed by atoms with Crippen molar-refractivity contribution in [2.75, 3.05) is 0 Å². The molecular weight excluding hydrogens is 154 g/mol. The van der Waals surface area contributed by atoms with Gasteiger partial charge < -0.3 is 5.11 Å². The molecule has 0 spiro atoms. The fourth-order valence-corrected chi connectivity index (χ4v) is 0.622. The zero-order valence-electron chi connectivity index (χ0n) is 7.37. The second-order valence-corrected chi connectivity index (χ2v) is 3.09. The summed E-state index contributed by atoms with van der Waals surface area (Å²) in [5, 5.41) is 16.7. The highest BCUT2D eigenvalue weighted by Gasteiger charge is 2.05. The molecule has 0 unspecified atom stereocenters. The summed E-state index contributed by atoms with van der Waals surface area (Å²) >= 11 is 0. The van der Waals surface area contributed by atoms with Crippen molar-refractivity contribution >= 4 is 0 Å². The van der Waals surface area contributed by atoms with E-state index in [1.54, 1.807) is 31.8 Å². The van der Waals surface area contributed by atoms with E-state index in [4.69, 9.17) is 0 Å². The highest BCUT2D eigenvalue weighted by Crippen LogP contribution is 1.97. The molecule has 1 aromatic rings. The topological polar surface area (TPSA) is 50.9 Å². The molecular formula is C8H11N3O. The van der Waals surface area contributed by atoms with Crippen LogP contribution in [0.4, 0.5) is 0 Å². The zero-order valence-corrected chi connectivity index (χ0v) is 7.37. The molecule has 0 bridgehead atoms. The normalized spacial score (nSPS) is 10.7. The van der Waals surface area contributed by atoms with Gasteiger partial charge in [0.05, 0.1) is 6.20 Å². The number of aromatic nitrogens is 3. The van der Waals surface area contributed by atoms with Crippen LogP contribution in [0.2, 0.25) is 0 Å². The largest absolute Gasteiger partial charge is 0.378 e. The van der Waals surface area contributed by atoms with Crippen molar-refractivity contribution in [1.82, 2.24) is 15.0 Å². The van der Waals surface area contributed by atoms with Crippen molar-refractivity contribution in [1.29, 1.82) is 0 Å². The van der Waals surface area contributed by atoms with E-state index in [1.165, 1.54) is 0 Å². The van der Waals surface area contributed by atoms with Crippen LogP contribution in [0.25, 0.3) is 0 Å². The Kier molecular flexibility index (Phi) is 2.15. The lowest BCUT2D eigenvalue weighted by molar-refractivity contribution is 0.143. The standard InChI is InChI=1S/C8H11N3O/c1-8(2,12)5-4-7-6-11(3)10-9-7/h6,12H,1-3H3. The molecule has 0 aliphatic heterocycles. The van der Waals surface area contributed by atoms with Crippen molar-refractivity contribution in [3.8, 4) is 11.8 Å². The van der Waals surface area contributed by atoms with Gasteiger partial charge in [-0.05, 0) is 19.8 Å². The molecule has 0 amide bonds. The molecule has 1 heterocycles. The molecule has 64 valence electrons. The third-order valence-electron chi connectivity index (χ3n) is 1.10. The third-order valence-corrected chi connectivity index (χ3v) is 1.10. The van der Waals surface area contributed by atoms with Crippen LogP contribution >= 0.6 is 0 Å². The predicted octanol–water partition coefficient (Wildman–Crippen LogP) is -0.0625. The van der Waals surface area contributed by atoms with Gasteiger partial charge in [0, 0.05) is 7.05 Å². The van der Waals surface area contributed by atoms with E-state index in [9.17, 15) is 5.11 Å². The van der Waals surface area contributed by atoms with E-state index in [-0.39, 0.29) is 0 Å². The van der Waals surface area contributed by atoms with Crippen LogP contribution in [-0.4, -0.2) is 25.7 Å². The van der Waals surface area contributed by atoms with Gasteiger partial charge in [0.1, 0.15) is 5.60 Å². The molecule has 1 rings (SSSR count). The lowest BCUT2D eigenvalue weighted by Crippen LogP contribution is -2.14. The van der Waals surface area contributed by atoms with Crippen molar-refractivity contribution in [2.45, 2.75) is 19.4 Å². The summed E-state index contributed by atoms with van der Waals surface area (Å²) < 4.78 is 1.56. The SMILES string of the molecule is Cn1cc(C#CC(C)(C)O)nn1. The van der Waals surface area contributed by atoms with Crippen LogP contribution in [0.5, 0.6) is 0 Å². The molecule has 0 saturated heterocycles. The van der Waals surface area contributed by atoms with Gasteiger partial charge in [0.2, 0.25) is 0 Å². The summed E-state index contributed by atoms with van der Waals surface area (Å²) in [5.41, 5.74) is -0.406. The van der Waals surface area contributed by atoms with Crippen LogP contribution in [-0.2, 0) is 7.05 Å². The maximum absolute atomic E-state index is 9.26. The van der Waals surface area contributed by atoms with E-state index in [1.807, 2.05) is 0 Å². The molecule has 1 aromatic heterocycles. The first-order valence-corrected chi connectivity index (χ1v) is 3.59. The highest BCUT2D eigenvalue weighted by molar-refractivity contribution is 5.26. The van der Waals surface area contributed by atoms with Gasteiger partial charge in [0.25, 0.3) is 0 Å². The summed E-state index contributed by atoms with van der Waals surface area (Å²) in [6.45, 7) is 3.24. The number of hydrogen-bond acceptors (Lipinski definition) is 3. The van der Waals surface area contributed by atoms with Gasteiger partial charge in [-0.25, -0.2) is 0 Å². The Bertz CT molecular complexity index is 324. The van der Waals surface area contributed by atoms with Gasteiger partial charge in [-0.3, -0.25) is 4.68 Å². The van der Waals surface area contributed by atoms with Crippen LogP contribution in [0.3, 0.4) is 0 Å². The van der Waals surface area contributed by atoms with E-state index >= 15 is 0 Å². The molecule has 0 aliphatic rings. The predicted molar refractivity (Wildman–Crippen MR) is 44.2 cm³/mol. The monoisotopic (exact) mass is 165 g/mol. The average molecular weight is 165 g/mol. The number of aryl methyl sites for hydroxylation is 1. The lowest BCUT2D eigenvalue weighted by atomic mass is 10.1. The molecule has 12 heavy (non-hydrogen) atoms. The average Bonchev–Trinajstić information content (AvgIpc) is 2.30. The number of nitrogens with zero attached hydrogens (tertiary/aromatic N) is 3. The fraction of sp³-hybridized carbons (Fsp3) is 0.500. The van der Waals surface area contributed by atoms with Crippen molar-refractivity contribution in [3.63, 3.8) is 0 Å². The molecule has 0 aromatic carbocycles. The molecule has 0 fully saturated rings. The Hall–Kier alpha value is -1.34. The molecule has 0 atom stereocenters. The molecule has 0 saturated carbocycles. The first kappa shape index (κ1) is 8.75. The molecule has 0 radical (unpaired) electrons. The molecule has 0 aliphatic carbocycles. The maximum Gasteiger partial charge on any atom is 0.155 e. The number of rotatable bonds is 0. The summed E-state index contributed by atoms with van der Waals surface area (Å²) in [6.07, 6.45) is 1.69. The fourth-order valence-electron chi connectivity index (χ4n) is 0.622. The summed E-state index contributed by atoms with van der Waals surface area (Å²) in [5.74, 6) is 5.35. The van der Waals surface area contributed by atoms with Crippen LogP contribution < -0.4 is 0 Å². The Morgan fingerprint density at radius 2 is 2.25 bits per heavy atom. The number of hydrogen-bond donors (Lipinski definition) is 1. The smallest absolute Gasteiger partial charge is 0.155 e. The van der Waals surface area contributed by atoms with E-state index < -0.39 is 5.60 Å². The lowest BCUT2D eigenvalue weighted by Gasteiger charge is -2.05. The summed E-state index contributed by atoms with van der Waals surface area (Å²) in [4.78, 5) is 0. The van der Waals surface area contributed by atoms with Crippen molar-refractivity contribution in [3.05, 3.63) is 11.9 Å². The van der Waals surface area contributed by atoms with Crippen LogP contribution in [0, 0.1) is 11.8 Å². The van der Waals surface area contributed by atoms with Gasteiger partial charge in [-0.15, -0.1) is 5.10 Å². The van der Waals surface area contributed by atoms with Crippen LogP contribution in [0.15, 0.2) is 6.20 Å². The van der Waals surface area contributed by atoms with E-state index in [0.29, 0.717) is 5.69 Å². The summed E-state index contributed by atoms with van der Waals surface area (Å²) in [6, 6.07) is 0. The minimum Gasteiger partial charge on any atom is -0.378 e. The third kappa shape index (κ3) is 2.72. The Balaban J connectivity index is 2.80. The molecule has 4 nitrogen and oxygen atoms in total. The van der Waals surface area contributed by atoms with Gasteiger partial charge >= 0.3 is 0 Å². The van der Waals surface area contributed by atoms with Gasteiger partial charge in [-0.2, -0.15) is 0 Å². The first-order valence-electron chi connectivity index (χ1n) is 3.59. The molecule has 1 N–H and O–H groups in total. The van der Waals surface area contributed by atoms with E-state index in [0.717, 1.165) is 0 Å². The first-order chi connectivity index (χ1) is 5.47. The van der Waals surface area contributed by atoms with Crippen molar-refractivity contribution < 1.29 is 5.11 Å². The van der Waals surface area contributed by atoms with E-state index in [2.05, 4.69) is 22.2 Å². The van der Waals surface area contributed by atoms with Crippen LogP contribution in [0.1, 0.15) is 19.5 Å². The molecule has 4 heteroatoms. The quantitative estimate of drug-likeness (QED) is 0.548. The Labute approximate surface area is 71.2 Å². The van der Waals surface area contributed by atoms with Gasteiger partial charge in [-0.1, -0.05) is 11.1 Å². The highest BCUT2D eigenvalue weighted by atomic mass is 16.3. The summed E-state index contributed by atoms with van der Waals surface area (Å²) in [7, 11) is 1.77. The number of aliphatic hydroxyl groups is 1.